The van der Waals surface area contributed by atoms with E-state index in [0.717, 1.165) is 32.7 Å². The van der Waals surface area contributed by atoms with Crippen molar-refractivity contribution >= 4 is 11.7 Å². The Morgan fingerprint density at radius 3 is 2.89 bits per heavy atom. The molecule has 2 aliphatic rings. The van der Waals surface area contributed by atoms with Crippen LogP contribution in [-0.4, -0.2) is 69.6 Å². The topological polar surface area (TPSA) is 97.2 Å². The maximum Gasteiger partial charge on any atom is 0.319 e. The summed E-state index contributed by atoms with van der Waals surface area (Å²) in [6.07, 6.45) is 8.18. The van der Waals surface area contributed by atoms with Gasteiger partial charge in [-0.15, -0.1) is 0 Å². The highest BCUT2D eigenvalue weighted by atomic mass is 16.5. The number of hydrogen-bond donors (Lipinski definition) is 2. The molecule has 27 heavy (non-hydrogen) atoms. The molecule has 2 atom stereocenters. The third-order valence-corrected chi connectivity index (χ3v) is 5.25. The second kappa shape index (κ2) is 8.45. The average molecular weight is 371 g/mol. The number of ether oxygens (including phenoxy) is 1. The van der Waals surface area contributed by atoms with Gasteiger partial charge in [0.15, 0.2) is 5.82 Å². The number of carbonyl (C=O) groups excluding carboxylic acids is 1. The van der Waals surface area contributed by atoms with E-state index in [1.807, 2.05) is 0 Å². The molecule has 2 aliphatic heterocycles. The fraction of sp³-hybridized carbons (Fsp3) is 0.556. The summed E-state index contributed by atoms with van der Waals surface area (Å²) in [5, 5.41) is 9.90. The van der Waals surface area contributed by atoms with E-state index < -0.39 is 0 Å². The molecule has 2 aromatic rings. The molecular weight excluding hydrogens is 346 g/mol. The molecule has 2 amide bonds. The predicted octanol–water partition coefficient (Wildman–Crippen LogP) is 1.28. The van der Waals surface area contributed by atoms with Gasteiger partial charge in [0, 0.05) is 25.1 Å². The number of hydrogen-bond acceptors (Lipinski definition) is 6. The monoisotopic (exact) mass is 371 g/mol. The third-order valence-electron chi connectivity index (χ3n) is 5.25. The van der Waals surface area contributed by atoms with Crippen LogP contribution in [-0.2, 0) is 4.74 Å². The Morgan fingerprint density at radius 2 is 2.22 bits per heavy atom. The van der Waals surface area contributed by atoms with Crippen LogP contribution in [0.1, 0.15) is 19.3 Å². The van der Waals surface area contributed by atoms with Crippen LogP contribution in [0.15, 0.2) is 31.0 Å². The van der Waals surface area contributed by atoms with Gasteiger partial charge in [-0.25, -0.2) is 19.4 Å². The molecule has 4 rings (SSSR count). The van der Waals surface area contributed by atoms with Crippen LogP contribution in [0.25, 0.3) is 5.82 Å². The molecule has 2 fully saturated rings. The largest absolute Gasteiger partial charge is 0.381 e. The number of nitrogens with one attached hydrogen (secondary N) is 2. The molecule has 0 radical (unpaired) electrons. The molecule has 2 aromatic heterocycles. The Morgan fingerprint density at radius 1 is 1.33 bits per heavy atom. The van der Waals surface area contributed by atoms with Crippen LogP contribution >= 0.6 is 0 Å². The number of amides is 2. The Hall–Kier alpha value is -2.52. The molecule has 0 aromatic carbocycles. The molecule has 0 aliphatic carbocycles. The normalized spacial score (nSPS) is 21.3. The third kappa shape index (κ3) is 4.42. The summed E-state index contributed by atoms with van der Waals surface area (Å²) in [6.45, 7) is 4.46. The van der Waals surface area contributed by atoms with Gasteiger partial charge in [-0.1, -0.05) is 0 Å². The highest BCUT2D eigenvalue weighted by Gasteiger charge is 2.32. The molecular formula is C18H25N7O2. The lowest BCUT2D eigenvalue weighted by atomic mass is 9.97. The van der Waals surface area contributed by atoms with Crippen molar-refractivity contribution in [3.05, 3.63) is 31.0 Å². The zero-order chi connectivity index (χ0) is 18.5. The van der Waals surface area contributed by atoms with Crippen LogP contribution in [0.2, 0.25) is 0 Å². The number of carbonyl (C=O) groups is 1. The Bertz CT molecular complexity index is 707. The molecule has 4 heterocycles. The van der Waals surface area contributed by atoms with E-state index in [2.05, 4.69) is 30.6 Å². The second-order valence-corrected chi connectivity index (χ2v) is 7.01. The minimum Gasteiger partial charge on any atom is -0.381 e. The summed E-state index contributed by atoms with van der Waals surface area (Å²) in [5.74, 6) is 1.14. The predicted molar refractivity (Wildman–Crippen MR) is 99.7 cm³/mol. The van der Waals surface area contributed by atoms with Crippen molar-refractivity contribution in [3.8, 4) is 5.82 Å². The van der Waals surface area contributed by atoms with Gasteiger partial charge in [-0.05, 0) is 44.5 Å². The summed E-state index contributed by atoms with van der Waals surface area (Å²) in [6, 6.07) is 3.71. The lowest BCUT2D eigenvalue weighted by Gasteiger charge is -2.31. The van der Waals surface area contributed by atoms with Gasteiger partial charge in [-0.2, -0.15) is 5.10 Å². The highest BCUT2D eigenvalue weighted by molar-refractivity contribution is 5.89. The van der Waals surface area contributed by atoms with Gasteiger partial charge in [-0.3, -0.25) is 4.90 Å². The van der Waals surface area contributed by atoms with Gasteiger partial charge >= 0.3 is 6.03 Å². The SMILES string of the molecule is O=C(NC[C@H]([C@H]1CCOC1)N1CCCC1)Nc1ccc(-n2cncn2)nc1. The lowest BCUT2D eigenvalue weighted by molar-refractivity contribution is 0.135. The molecule has 0 saturated carbocycles. The molecule has 9 heteroatoms. The number of pyridine rings is 1. The van der Waals surface area contributed by atoms with Crippen molar-refractivity contribution in [2.75, 3.05) is 38.2 Å². The molecule has 2 N–H and O–H groups in total. The maximum absolute atomic E-state index is 12.3. The van der Waals surface area contributed by atoms with Gasteiger partial charge in [0.1, 0.15) is 12.7 Å². The summed E-state index contributed by atoms with van der Waals surface area (Å²) in [4.78, 5) is 23.0. The Labute approximate surface area is 158 Å². The second-order valence-electron chi connectivity index (χ2n) is 7.01. The van der Waals surface area contributed by atoms with E-state index in [9.17, 15) is 4.79 Å². The smallest absolute Gasteiger partial charge is 0.319 e. The average Bonchev–Trinajstić information content (AvgIpc) is 3.45. The van der Waals surface area contributed by atoms with Crippen molar-refractivity contribution < 1.29 is 9.53 Å². The highest BCUT2D eigenvalue weighted by Crippen LogP contribution is 2.24. The van der Waals surface area contributed by atoms with Gasteiger partial charge in [0.05, 0.1) is 18.5 Å². The fourth-order valence-corrected chi connectivity index (χ4v) is 3.82. The minimum atomic E-state index is -0.214. The van der Waals surface area contributed by atoms with Crippen molar-refractivity contribution in [3.63, 3.8) is 0 Å². The van der Waals surface area contributed by atoms with Crippen LogP contribution in [0.3, 0.4) is 0 Å². The minimum absolute atomic E-state index is 0.214. The molecule has 0 bridgehead atoms. The zero-order valence-electron chi connectivity index (χ0n) is 15.3. The van der Waals surface area contributed by atoms with Crippen molar-refractivity contribution in [2.45, 2.75) is 25.3 Å². The number of rotatable bonds is 6. The van der Waals surface area contributed by atoms with E-state index in [1.54, 1.807) is 29.3 Å². The lowest BCUT2D eigenvalue weighted by Crippen LogP contribution is -2.48. The number of anilines is 1. The summed E-state index contributed by atoms with van der Waals surface area (Å²) < 4.78 is 7.13. The standard InChI is InChI=1S/C18H25N7O2/c26-18(23-15-3-4-17(20-9-15)25-13-19-12-22-25)21-10-16(14-5-8-27-11-14)24-6-1-2-7-24/h3-4,9,12-14,16H,1-2,5-8,10-11H2,(H2,21,23,26)/t14-,16+/m0/s1. The van der Waals surface area contributed by atoms with Gasteiger partial charge in [0.25, 0.3) is 0 Å². The van der Waals surface area contributed by atoms with Gasteiger partial charge in [0.2, 0.25) is 0 Å². The van der Waals surface area contributed by atoms with Crippen LogP contribution < -0.4 is 10.6 Å². The van der Waals surface area contributed by atoms with E-state index in [4.69, 9.17) is 4.74 Å². The first-order chi connectivity index (χ1) is 13.3. The van der Waals surface area contributed by atoms with Crippen LogP contribution in [0.5, 0.6) is 0 Å². The van der Waals surface area contributed by atoms with E-state index in [1.165, 1.54) is 19.2 Å². The zero-order valence-corrected chi connectivity index (χ0v) is 15.3. The van der Waals surface area contributed by atoms with Gasteiger partial charge < -0.3 is 15.4 Å². The van der Waals surface area contributed by atoms with E-state index >= 15 is 0 Å². The quantitative estimate of drug-likeness (QED) is 0.794. The first-order valence-electron chi connectivity index (χ1n) is 9.47. The maximum atomic E-state index is 12.3. The first kappa shape index (κ1) is 17.9. The molecule has 0 unspecified atom stereocenters. The first-order valence-corrected chi connectivity index (χ1v) is 9.47. The van der Waals surface area contributed by atoms with Crippen molar-refractivity contribution in [1.82, 2.24) is 30.0 Å². The van der Waals surface area contributed by atoms with Crippen molar-refractivity contribution in [2.24, 2.45) is 5.92 Å². The molecule has 144 valence electrons. The Kier molecular flexibility index (Phi) is 5.59. The number of likely N-dealkylation sites (tertiary alicyclic amines) is 1. The molecule has 9 nitrogen and oxygen atoms in total. The van der Waals surface area contributed by atoms with Crippen molar-refractivity contribution in [1.29, 1.82) is 0 Å². The number of aromatic nitrogens is 4. The number of nitrogens with zero attached hydrogens (tertiary/aromatic N) is 5. The van der Waals surface area contributed by atoms with Crippen LogP contribution in [0.4, 0.5) is 10.5 Å². The van der Waals surface area contributed by atoms with E-state index in [-0.39, 0.29) is 6.03 Å². The molecule has 0 spiro atoms. The van der Waals surface area contributed by atoms with Crippen LogP contribution in [0, 0.1) is 5.92 Å². The summed E-state index contributed by atoms with van der Waals surface area (Å²) in [7, 11) is 0. The van der Waals surface area contributed by atoms with E-state index in [0.29, 0.717) is 30.0 Å². The summed E-state index contributed by atoms with van der Waals surface area (Å²) >= 11 is 0. The fourth-order valence-electron chi connectivity index (χ4n) is 3.82. The molecule has 2 saturated heterocycles. The summed E-state index contributed by atoms with van der Waals surface area (Å²) in [5.41, 5.74) is 0.637. The number of urea groups is 1. The Balaban J connectivity index is 1.31.